The van der Waals surface area contributed by atoms with Crippen molar-refractivity contribution >= 4 is 23.2 Å². The zero-order valence-electron chi connectivity index (χ0n) is 22.8. The SMILES string of the molecule is CC(C)(C)C1CCC(=NNC(=O)CCCCCCC(=O)NN=C2CCC(C(C)(C)C)CC2)CC1. The van der Waals surface area contributed by atoms with Crippen LogP contribution < -0.4 is 10.9 Å². The van der Waals surface area contributed by atoms with Crippen LogP contribution in [0.4, 0.5) is 0 Å². The van der Waals surface area contributed by atoms with Crippen molar-refractivity contribution < 1.29 is 9.59 Å². The maximum Gasteiger partial charge on any atom is 0.240 e. The first-order chi connectivity index (χ1) is 15.9. The van der Waals surface area contributed by atoms with E-state index in [0.29, 0.717) is 23.7 Å². The van der Waals surface area contributed by atoms with E-state index in [2.05, 4.69) is 62.6 Å². The average Bonchev–Trinajstić information content (AvgIpc) is 2.78. The Labute approximate surface area is 208 Å². The van der Waals surface area contributed by atoms with Gasteiger partial charge in [0.1, 0.15) is 0 Å². The molecule has 0 radical (unpaired) electrons. The third-order valence-electron chi connectivity index (χ3n) is 7.81. The number of carbonyl (C=O) groups excluding carboxylic acids is 2. The lowest BCUT2D eigenvalue weighted by Crippen LogP contribution is -2.27. The molecule has 6 heteroatoms. The average molecular weight is 475 g/mol. The minimum atomic E-state index is 0.000180. The van der Waals surface area contributed by atoms with Gasteiger partial charge in [-0.15, -0.1) is 0 Å². The molecule has 0 atom stereocenters. The summed E-state index contributed by atoms with van der Waals surface area (Å²) in [5, 5.41) is 8.73. The third-order valence-corrected chi connectivity index (χ3v) is 7.81. The highest BCUT2D eigenvalue weighted by molar-refractivity contribution is 5.87. The molecular formula is C28H50N4O2. The fraction of sp³-hybridized carbons (Fsp3) is 0.857. The van der Waals surface area contributed by atoms with Crippen molar-refractivity contribution in [2.45, 2.75) is 131 Å². The normalized spacial score (nSPS) is 21.7. The smallest absolute Gasteiger partial charge is 0.240 e. The highest BCUT2D eigenvalue weighted by Crippen LogP contribution is 2.37. The molecule has 0 bridgehead atoms. The standard InChI is InChI=1S/C28H50N4O2/c1-27(2,3)21-13-17-23(18-14-21)29-31-25(33)11-9-7-8-10-12-26(34)32-30-24-19-15-22(16-20-24)28(4,5)6/h21-22H,7-20H2,1-6H3,(H,31,33)(H,32,34). The minimum Gasteiger partial charge on any atom is -0.273 e. The Morgan fingerprint density at radius 2 is 0.971 bits per heavy atom. The Bertz CT molecular complexity index is 646. The molecule has 2 fully saturated rings. The molecule has 194 valence electrons. The van der Waals surface area contributed by atoms with Gasteiger partial charge in [0.2, 0.25) is 11.8 Å². The molecule has 0 unspecified atom stereocenters. The van der Waals surface area contributed by atoms with Crippen molar-refractivity contribution in [2.24, 2.45) is 32.9 Å². The maximum absolute atomic E-state index is 12.1. The van der Waals surface area contributed by atoms with Crippen LogP contribution in [0, 0.1) is 22.7 Å². The van der Waals surface area contributed by atoms with Gasteiger partial charge in [-0.3, -0.25) is 9.59 Å². The zero-order valence-corrected chi connectivity index (χ0v) is 22.8. The van der Waals surface area contributed by atoms with E-state index >= 15 is 0 Å². The summed E-state index contributed by atoms with van der Waals surface area (Å²) in [7, 11) is 0. The van der Waals surface area contributed by atoms with E-state index in [1.165, 1.54) is 0 Å². The maximum atomic E-state index is 12.1. The molecule has 2 saturated carbocycles. The number of rotatable bonds is 9. The first-order valence-electron chi connectivity index (χ1n) is 13.6. The summed E-state index contributed by atoms with van der Waals surface area (Å²) in [5.74, 6) is 1.48. The lowest BCUT2D eigenvalue weighted by atomic mass is 9.72. The lowest BCUT2D eigenvalue weighted by Gasteiger charge is -2.34. The van der Waals surface area contributed by atoms with E-state index < -0.39 is 0 Å². The summed E-state index contributed by atoms with van der Waals surface area (Å²) in [6.07, 6.45) is 13.2. The number of nitrogens with one attached hydrogen (secondary N) is 2. The van der Waals surface area contributed by atoms with Gasteiger partial charge in [-0.1, -0.05) is 54.4 Å². The van der Waals surface area contributed by atoms with Gasteiger partial charge in [0.05, 0.1) is 0 Å². The third kappa shape index (κ3) is 10.7. The number of hydrogen-bond donors (Lipinski definition) is 2. The summed E-state index contributed by atoms with van der Waals surface area (Å²) in [6, 6.07) is 0. The van der Waals surface area contributed by atoms with E-state index in [9.17, 15) is 9.59 Å². The van der Waals surface area contributed by atoms with Crippen LogP contribution in [0.25, 0.3) is 0 Å². The molecule has 34 heavy (non-hydrogen) atoms. The first-order valence-corrected chi connectivity index (χ1v) is 13.6. The molecule has 2 aliphatic carbocycles. The van der Waals surface area contributed by atoms with Crippen molar-refractivity contribution in [2.75, 3.05) is 0 Å². The van der Waals surface area contributed by atoms with Crippen LogP contribution in [0.15, 0.2) is 10.2 Å². The van der Waals surface area contributed by atoms with Crippen LogP contribution in [0.1, 0.15) is 131 Å². The van der Waals surface area contributed by atoms with Gasteiger partial charge in [0, 0.05) is 24.3 Å². The molecule has 0 aliphatic heterocycles. The molecule has 0 aromatic rings. The molecule has 2 aliphatic rings. The van der Waals surface area contributed by atoms with Crippen molar-refractivity contribution in [3.05, 3.63) is 0 Å². The summed E-state index contributed by atoms with van der Waals surface area (Å²) in [5.41, 5.74) is 8.46. The predicted molar refractivity (Wildman–Crippen MR) is 142 cm³/mol. The van der Waals surface area contributed by atoms with E-state index in [1.54, 1.807) is 0 Å². The lowest BCUT2D eigenvalue weighted by molar-refractivity contribution is -0.122. The molecule has 0 aromatic heterocycles. The molecule has 2 rings (SSSR count). The molecule has 0 spiro atoms. The van der Waals surface area contributed by atoms with Crippen LogP contribution in [0.3, 0.4) is 0 Å². The van der Waals surface area contributed by atoms with Crippen molar-refractivity contribution in [1.29, 1.82) is 0 Å². The summed E-state index contributed by atoms with van der Waals surface area (Å²) >= 11 is 0. The Hall–Kier alpha value is -1.72. The molecular weight excluding hydrogens is 424 g/mol. The van der Waals surface area contributed by atoms with Crippen molar-refractivity contribution in [1.82, 2.24) is 10.9 Å². The summed E-state index contributed by atoms with van der Waals surface area (Å²) in [6.45, 7) is 13.8. The summed E-state index contributed by atoms with van der Waals surface area (Å²) < 4.78 is 0. The molecule has 2 amide bonds. The fourth-order valence-electron chi connectivity index (χ4n) is 5.18. The second kappa shape index (κ2) is 13.4. The number of unbranched alkanes of at least 4 members (excludes halogenated alkanes) is 3. The van der Waals surface area contributed by atoms with Gasteiger partial charge in [-0.25, -0.2) is 10.9 Å². The van der Waals surface area contributed by atoms with Crippen LogP contribution in [0.5, 0.6) is 0 Å². The van der Waals surface area contributed by atoms with Crippen LogP contribution in [-0.2, 0) is 9.59 Å². The first kappa shape index (κ1) is 28.5. The fourth-order valence-corrected chi connectivity index (χ4v) is 5.18. The van der Waals surface area contributed by atoms with Crippen LogP contribution >= 0.6 is 0 Å². The summed E-state index contributed by atoms with van der Waals surface area (Å²) in [4.78, 5) is 24.1. The molecule has 0 aromatic carbocycles. The molecule has 0 heterocycles. The quantitative estimate of drug-likeness (QED) is 0.286. The highest BCUT2D eigenvalue weighted by Gasteiger charge is 2.29. The van der Waals surface area contributed by atoms with Gasteiger partial charge in [-0.05, 0) is 86.9 Å². The van der Waals surface area contributed by atoms with Crippen molar-refractivity contribution in [3.63, 3.8) is 0 Å². The second-order valence-corrected chi connectivity index (χ2v) is 12.6. The molecule has 0 saturated heterocycles. The van der Waals surface area contributed by atoms with Gasteiger partial charge in [-0.2, -0.15) is 10.2 Å². The highest BCUT2D eigenvalue weighted by atomic mass is 16.2. The van der Waals surface area contributed by atoms with Gasteiger partial charge in [0.25, 0.3) is 0 Å². The van der Waals surface area contributed by atoms with E-state index in [-0.39, 0.29) is 11.8 Å². The van der Waals surface area contributed by atoms with E-state index in [4.69, 9.17) is 0 Å². The Morgan fingerprint density at radius 3 is 1.26 bits per heavy atom. The Morgan fingerprint density at radius 1 is 0.647 bits per heavy atom. The number of hydrazone groups is 2. The van der Waals surface area contributed by atoms with E-state index in [1.807, 2.05) is 0 Å². The second-order valence-electron chi connectivity index (χ2n) is 12.6. The van der Waals surface area contributed by atoms with Gasteiger partial charge < -0.3 is 0 Å². The van der Waals surface area contributed by atoms with Crippen molar-refractivity contribution in [3.8, 4) is 0 Å². The molecule has 6 nitrogen and oxygen atoms in total. The van der Waals surface area contributed by atoms with Gasteiger partial charge in [0.15, 0.2) is 0 Å². The predicted octanol–water partition coefficient (Wildman–Crippen LogP) is 6.74. The number of nitrogens with zero attached hydrogens (tertiary/aromatic N) is 2. The number of amides is 2. The Kier molecular flexibility index (Phi) is 11.2. The minimum absolute atomic E-state index is 0.000180. The van der Waals surface area contributed by atoms with Gasteiger partial charge >= 0.3 is 0 Å². The largest absolute Gasteiger partial charge is 0.273 e. The number of hydrogen-bond acceptors (Lipinski definition) is 4. The Balaban J connectivity index is 1.49. The zero-order chi connectivity index (χ0) is 25.2. The van der Waals surface area contributed by atoms with E-state index in [0.717, 1.165) is 100 Å². The monoisotopic (exact) mass is 474 g/mol. The topological polar surface area (TPSA) is 82.9 Å². The number of carbonyl (C=O) groups is 2. The van der Waals surface area contributed by atoms with Crippen LogP contribution in [-0.4, -0.2) is 23.2 Å². The molecule has 2 N–H and O–H groups in total. The van der Waals surface area contributed by atoms with Crippen LogP contribution in [0.2, 0.25) is 0 Å².